The normalized spacial score (nSPS) is 18.8. The van der Waals surface area contributed by atoms with Crippen LogP contribution in [0.15, 0.2) is 41.4 Å². The third-order valence-electron chi connectivity index (χ3n) is 4.29. The molecule has 0 amide bonds. The van der Waals surface area contributed by atoms with Crippen LogP contribution in [0.2, 0.25) is 0 Å². The topological polar surface area (TPSA) is 92.5 Å². The molecule has 1 aliphatic rings. The Kier molecular flexibility index (Phi) is 4.42. The van der Waals surface area contributed by atoms with Gasteiger partial charge in [-0.2, -0.15) is 9.40 Å². The number of hydrogen-bond donors (Lipinski definition) is 1. The molecule has 7 nitrogen and oxygen atoms in total. The fourth-order valence-electron chi connectivity index (χ4n) is 3.12. The molecule has 1 N–H and O–H groups in total. The van der Waals surface area contributed by atoms with Crippen LogP contribution in [0.4, 0.5) is 0 Å². The van der Waals surface area contributed by atoms with Crippen molar-refractivity contribution in [1.29, 1.82) is 0 Å². The van der Waals surface area contributed by atoms with Crippen molar-refractivity contribution >= 4 is 16.0 Å². The molecule has 1 atom stereocenters. The van der Waals surface area contributed by atoms with E-state index in [0.717, 1.165) is 18.5 Å². The Hall–Kier alpha value is -2.19. The molecule has 8 heteroatoms. The van der Waals surface area contributed by atoms with Crippen LogP contribution < -0.4 is 0 Å². The number of hydrogen-bond acceptors (Lipinski definition) is 4. The monoisotopic (exact) mass is 349 g/mol. The van der Waals surface area contributed by atoms with Crippen molar-refractivity contribution in [1.82, 2.24) is 14.1 Å². The number of carboxylic acid groups (broad SMARTS) is 1. The summed E-state index contributed by atoms with van der Waals surface area (Å²) in [5, 5.41) is 12.9. The molecule has 0 aliphatic carbocycles. The second-order valence-electron chi connectivity index (χ2n) is 5.87. The Balaban J connectivity index is 1.89. The van der Waals surface area contributed by atoms with Crippen molar-refractivity contribution in [2.24, 2.45) is 7.05 Å². The number of rotatable bonds is 5. The minimum Gasteiger partial charge on any atom is -0.481 e. The lowest BCUT2D eigenvalue weighted by atomic mass is 10.1. The first kappa shape index (κ1) is 16.7. The smallest absolute Gasteiger partial charge is 0.307 e. The van der Waals surface area contributed by atoms with Crippen LogP contribution in [0.1, 0.15) is 30.1 Å². The molecule has 1 saturated heterocycles. The molecule has 1 aromatic carbocycles. The molecule has 0 spiro atoms. The quantitative estimate of drug-likeness (QED) is 0.884. The van der Waals surface area contributed by atoms with E-state index in [4.69, 9.17) is 5.11 Å². The average Bonchev–Trinajstić information content (AvgIpc) is 3.15. The van der Waals surface area contributed by atoms with Gasteiger partial charge >= 0.3 is 5.97 Å². The second kappa shape index (κ2) is 6.37. The molecular weight excluding hydrogens is 330 g/mol. The van der Waals surface area contributed by atoms with Crippen molar-refractivity contribution in [3.8, 4) is 0 Å². The largest absolute Gasteiger partial charge is 0.481 e. The van der Waals surface area contributed by atoms with Gasteiger partial charge in [0.15, 0.2) is 0 Å². The predicted octanol–water partition coefficient (Wildman–Crippen LogP) is 1.57. The molecule has 2 aromatic rings. The standard InChI is InChI=1S/C16H19N3O4S/c1-18-14(8-9-17-18)15-3-2-10-19(15)24(22,23)13-6-4-12(5-7-13)11-16(20)21/h4-9,15H,2-3,10-11H2,1H3,(H,20,21). The van der Waals surface area contributed by atoms with E-state index >= 15 is 0 Å². The molecule has 1 aliphatic heterocycles. The summed E-state index contributed by atoms with van der Waals surface area (Å²) in [6.45, 7) is 0.467. The van der Waals surface area contributed by atoms with Crippen LogP contribution in [0, 0.1) is 0 Å². The van der Waals surface area contributed by atoms with E-state index in [-0.39, 0.29) is 17.4 Å². The maximum absolute atomic E-state index is 13.0. The molecule has 0 saturated carbocycles. The number of aryl methyl sites for hydroxylation is 1. The van der Waals surface area contributed by atoms with Gasteiger partial charge in [0.05, 0.1) is 23.1 Å². The molecule has 1 unspecified atom stereocenters. The Labute approximate surface area is 140 Å². The summed E-state index contributed by atoms with van der Waals surface area (Å²) in [5.74, 6) is -0.943. The van der Waals surface area contributed by atoms with Crippen molar-refractivity contribution in [2.75, 3.05) is 6.54 Å². The van der Waals surface area contributed by atoms with Gasteiger partial charge in [-0.05, 0) is 36.6 Å². The molecule has 3 rings (SSSR count). The SMILES string of the molecule is Cn1nccc1C1CCCN1S(=O)(=O)c1ccc(CC(=O)O)cc1. The number of sulfonamides is 1. The number of carboxylic acids is 1. The second-order valence-corrected chi connectivity index (χ2v) is 7.76. The fourth-order valence-corrected chi connectivity index (χ4v) is 4.79. The summed E-state index contributed by atoms with van der Waals surface area (Å²) in [7, 11) is -1.83. The highest BCUT2D eigenvalue weighted by Gasteiger charge is 2.37. The van der Waals surface area contributed by atoms with E-state index in [9.17, 15) is 13.2 Å². The number of nitrogens with zero attached hydrogens (tertiary/aromatic N) is 3. The van der Waals surface area contributed by atoms with Crippen molar-refractivity contribution < 1.29 is 18.3 Å². The lowest BCUT2D eigenvalue weighted by molar-refractivity contribution is -0.136. The van der Waals surface area contributed by atoms with Gasteiger partial charge in [0.25, 0.3) is 0 Å². The van der Waals surface area contributed by atoms with Crippen LogP contribution in [0.5, 0.6) is 0 Å². The maximum Gasteiger partial charge on any atom is 0.307 e. The molecule has 2 heterocycles. The summed E-state index contributed by atoms with van der Waals surface area (Å²) in [5.41, 5.74) is 1.45. The van der Waals surface area contributed by atoms with Crippen molar-refractivity contribution in [3.05, 3.63) is 47.8 Å². The zero-order valence-electron chi connectivity index (χ0n) is 13.3. The van der Waals surface area contributed by atoms with Gasteiger partial charge in [0, 0.05) is 19.8 Å². The van der Waals surface area contributed by atoms with Crippen molar-refractivity contribution in [2.45, 2.75) is 30.2 Å². The highest BCUT2D eigenvalue weighted by molar-refractivity contribution is 7.89. The summed E-state index contributed by atoms with van der Waals surface area (Å²) in [6, 6.07) is 7.68. The van der Waals surface area contributed by atoms with E-state index in [0.29, 0.717) is 12.1 Å². The van der Waals surface area contributed by atoms with Gasteiger partial charge in [-0.3, -0.25) is 9.48 Å². The van der Waals surface area contributed by atoms with Crippen LogP contribution in [0.3, 0.4) is 0 Å². The zero-order chi connectivity index (χ0) is 17.3. The first-order valence-electron chi connectivity index (χ1n) is 7.70. The highest BCUT2D eigenvalue weighted by Crippen LogP contribution is 2.36. The van der Waals surface area contributed by atoms with Gasteiger partial charge in [-0.1, -0.05) is 12.1 Å². The van der Waals surface area contributed by atoms with Crippen molar-refractivity contribution in [3.63, 3.8) is 0 Å². The van der Waals surface area contributed by atoms with E-state index in [1.54, 1.807) is 30.1 Å². The molecular formula is C16H19N3O4S. The molecule has 0 radical (unpaired) electrons. The van der Waals surface area contributed by atoms with E-state index in [1.807, 2.05) is 6.07 Å². The Bertz CT molecular complexity index is 842. The number of aliphatic carboxylic acids is 1. The van der Waals surface area contributed by atoms with E-state index in [1.165, 1.54) is 16.4 Å². The summed E-state index contributed by atoms with van der Waals surface area (Å²) < 4.78 is 29.1. The summed E-state index contributed by atoms with van der Waals surface area (Å²) >= 11 is 0. The van der Waals surface area contributed by atoms with E-state index < -0.39 is 16.0 Å². The fraction of sp³-hybridized carbons (Fsp3) is 0.375. The molecule has 128 valence electrons. The number of aromatic nitrogens is 2. The molecule has 0 bridgehead atoms. The Morgan fingerprint density at radius 3 is 2.58 bits per heavy atom. The van der Waals surface area contributed by atoms with Crippen LogP contribution in [0.25, 0.3) is 0 Å². The van der Waals surface area contributed by atoms with Crippen LogP contribution in [-0.4, -0.2) is 40.1 Å². The first-order chi connectivity index (χ1) is 11.4. The van der Waals surface area contributed by atoms with Gasteiger partial charge < -0.3 is 5.11 Å². The lowest BCUT2D eigenvalue weighted by Gasteiger charge is -2.24. The van der Waals surface area contributed by atoms with Gasteiger partial charge in [-0.15, -0.1) is 0 Å². The highest BCUT2D eigenvalue weighted by atomic mass is 32.2. The van der Waals surface area contributed by atoms with E-state index in [2.05, 4.69) is 5.10 Å². The van der Waals surface area contributed by atoms with Crippen LogP contribution >= 0.6 is 0 Å². The van der Waals surface area contributed by atoms with Gasteiger partial charge in [0.2, 0.25) is 10.0 Å². The number of benzene rings is 1. The number of carbonyl (C=O) groups is 1. The Morgan fingerprint density at radius 1 is 1.29 bits per heavy atom. The lowest BCUT2D eigenvalue weighted by Crippen LogP contribution is -2.31. The van der Waals surface area contributed by atoms with Crippen LogP contribution in [-0.2, 0) is 28.3 Å². The maximum atomic E-state index is 13.0. The zero-order valence-corrected chi connectivity index (χ0v) is 14.1. The third kappa shape index (κ3) is 3.07. The van der Waals surface area contributed by atoms with Gasteiger partial charge in [0.1, 0.15) is 0 Å². The molecule has 24 heavy (non-hydrogen) atoms. The Morgan fingerprint density at radius 2 is 2.00 bits per heavy atom. The molecule has 1 aromatic heterocycles. The average molecular weight is 349 g/mol. The first-order valence-corrected chi connectivity index (χ1v) is 9.14. The summed E-state index contributed by atoms with van der Waals surface area (Å²) in [6.07, 6.45) is 3.10. The predicted molar refractivity (Wildman–Crippen MR) is 86.9 cm³/mol. The molecule has 1 fully saturated rings. The minimum atomic E-state index is -3.63. The minimum absolute atomic E-state index is 0.123. The van der Waals surface area contributed by atoms with Gasteiger partial charge in [-0.25, -0.2) is 8.42 Å². The third-order valence-corrected chi connectivity index (χ3v) is 6.21. The summed E-state index contributed by atoms with van der Waals surface area (Å²) in [4.78, 5) is 10.9.